The van der Waals surface area contributed by atoms with E-state index in [9.17, 15) is 17.9 Å². The lowest BCUT2D eigenvalue weighted by Crippen LogP contribution is -2.41. The summed E-state index contributed by atoms with van der Waals surface area (Å²) in [5.41, 5.74) is 1.35. The number of hydrogen-bond donors (Lipinski definition) is 1. The molecule has 1 fully saturated rings. The standard InChI is InChI=1S/C14H20FNO3S/c1-10-5-6-13(15)14(17)12(10)9-16-7-3-4-11(8-16)20(2,18)19/h5-6,11,17H,3-4,7-9H2,1-2H3. The quantitative estimate of drug-likeness (QED) is 0.925. The van der Waals surface area contributed by atoms with Gasteiger partial charge in [-0.2, -0.15) is 0 Å². The fourth-order valence-electron chi connectivity index (χ4n) is 2.64. The third kappa shape index (κ3) is 3.30. The van der Waals surface area contributed by atoms with E-state index in [4.69, 9.17) is 0 Å². The van der Waals surface area contributed by atoms with Gasteiger partial charge < -0.3 is 5.11 Å². The Hall–Kier alpha value is -1.14. The normalized spacial score (nSPS) is 21.1. The minimum Gasteiger partial charge on any atom is -0.505 e. The molecule has 0 radical (unpaired) electrons. The average Bonchev–Trinajstić information content (AvgIpc) is 2.39. The number of benzene rings is 1. The third-order valence-corrected chi connectivity index (χ3v) is 5.51. The van der Waals surface area contributed by atoms with Crippen LogP contribution in [0.3, 0.4) is 0 Å². The summed E-state index contributed by atoms with van der Waals surface area (Å²) in [6, 6.07) is 2.87. The molecular weight excluding hydrogens is 281 g/mol. The molecule has 1 aliphatic rings. The number of nitrogens with zero attached hydrogens (tertiary/aromatic N) is 1. The summed E-state index contributed by atoms with van der Waals surface area (Å²) >= 11 is 0. The molecule has 112 valence electrons. The SMILES string of the molecule is Cc1ccc(F)c(O)c1CN1CCCC(S(C)(=O)=O)C1. The number of phenols is 1. The second-order valence-corrected chi connectivity index (χ2v) is 7.85. The van der Waals surface area contributed by atoms with Gasteiger partial charge in [0.2, 0.25) is 0 Å². The molecule has 1 aromatic rings. The Morgan fingerprint density at radius 2 is 2.15 bits per heavy atom. The van der Waals surface area contributed by atoms with Crippen molar-refractivity contribution >= 4 is 9.84 Å². The van der Waals surface area contributed by atoms with Crippen molar-refractivity contribution < 1.29 is 17.9 Å². The molecule has 1 heterocycles. The molecule has 1 aromatic carbocycles. The first kappa shape index (κ1) is 15.3. The first-order valence-corrected chi connectivity index (χ1v) is 8.62. The van der Waals surface area contributed by atoms with E-state index < -0.39 is 15.7 Å². The molecular formula is C14H20FNO3S. The molecule has 1 unspecified atom stereocenters. The highest BCUT2D eigenvalue weighted by Gasteiger charge is 2.28. The third-order valence-electron chi connectivity index (χ3n) is 3.92. The molecule has 20 heavy (non-hydrogen) atoms. The van der Waals surface area contributed by atoms with Gasteiger partial charge in [0, 0.05) is 24.9 Å². The number of sulfone groups is 1. The lowest BCUT2D eigenvalue weighted by Gasteiger charge is -2.32. The topological polar surface area (TPSA) is 57.6 Å². The van der Waals surface area contributed by atoms with Crippen molar-refractivity contribution in [3.8, 4) is 5.75 Å². The van der Waals surface area contributed by atoms with Gasteiger partial charge in [-0.25, -0.2) is 12.8 Å². The van der Waals surface area contributed by atoms with Crippen molar-refractivity contribution in [3.63, 3.8) is 0 Å². The zero-order valence-corrected chi connectivity index (χ0v) is 12.6. The number of hydrogen-bond acceptors (Lipinski definition) is 4. The summed E-state index contributed by atoms with van der Waals surface area (Å²) in [5, 5.41) is 9.45. The fraction of sp³-hybridized carbons (Fsp3) is 0.571. The molecule has 0 saturated carbocycles. The number of likely N-dealkylation sites (tertiary alicyclic amines) is 1. The zero-order valence-electron chi connectivity index (χ0n) is 11.8. The summed E-state index contributed by atoms with van der Waals surface area (Å²) in [5.74, 6) is -0.964. The Kier molecular flexibility index (Phi) is 4.34. The van der Waals surface area contributed by atoms with Crippen molar-refractivity contribution in [3.05, 3.63) is 29.1 Å². The maximum absolute atomic E-state index is 13.4. The number of rotatable bonds is 3. The van der Waals surface area contributed by atoms with Crippen LogP contribution >= 0.6 is 0 Å². The van der Waals surface area contributed by atoms with Gasteiger partial charge in [0.15, 0.2) is 21.4 Å². The van der Waals surface area contributed by atoms with E-state index in [1.54, 1.807) is 6.07 Å². The molecule has 0 aliphatic carbocycles. The van der Waals surface area contributed by atoms with Crippen LogP contribution in [0.1, 0.15) is 24.0 Å². The molecule has 0 aromatic heterocycles. The number of aryl methyl sites for hydroxylation is 1. The Labute approximate surface area is 119 Å². The molecule has 1 N–H and O–H groups in total. The number of halogens is 1. The van der Waals surface area contributed by atoms with E-state index in [1.165, 1.54) is 12.3 Å². The van der Waals surface area contributed by atoms with Crippen LogP contribution in [-0.4, -0.2) is 43.0 Å². The van der Waals surface area contributed by atoms with Crippen LogP contribution in [0.5, 0.6) is 5.75 Å². The minimum absolute atomic E-state index is 0.327. The van der Waals surface area contributed by atoms with Crippen molar-refractivity contribution in [2.24, 2.45) is 0 Å². The van der Waals surface area contributed by atoms with Crippen molar-refractivity contribution in [2.45, 2.75) is 31.6 Å². The van der Waals surface area contributed by atoms with E-state index >= 15 is 0 Å². The van der Waals surface area contributed by atoms with E-state index in [0.717, 1.165) is 18.5 Å². The lowest BCUT2D eigenvalue weighted by atomic mass is 10.0. The van der Waals surface area contributed by atoms with Gasteiger partial charge in [-0.15, -0.1) is 0 Å². The fourth-order valence-corrected chi connectivity index (χ4v) is 3.71. The first-order chi connectivity index (χ1) is 9.29. The van der Waals surface area contributed by atoms with Gasteiger partial charge in [0.05, 0.1) is 5.25 Å². The molecule has 0 bridgehead atoms. The van der Waals surface area contributed by atoms with Gasteiger partial charge in [-0.05, 0) is 37.9 Å². The summed E-state index contributed by atoms with van der Waals surface area (Å²) in [6.07, 6.45) is 2.72. The van der Waals surface area contributed by atoms with Gasteiger partial charge in [0.25, 0.3) is 0 Å². The van der Waals surface area contributed by atoms with Gasteiger partial charge in [-0.3, -0.25) is 4.90 Å². The smallest absolute Gasteiger partial charge is 0.165 e. The number of phenolic OH excluding ortho intramolecular Hbond substituents is 1. The van der Waals surface area contributed by atoms with Gasteiger partial charge in [-0.1, -0.05) is 6.07 Å². The lowest BCUT2D eigenvalue weighted by molar-refractivity contribution is 0.219. The molecule has 0 spiro atoms. The van der Waals surface area contributed by atoms with Crippen molar-refractivity contribution in [2.75, 3.05) is 19.3 Å². The molecule has 1 atom stereocenters. The van der Waals surface area contributed by atoms with Crippen LogP contribution < -0.4 is 0 Å². The predicted molar refractivity (Wildman–Crippen MR) is 75.9 cm³/mol. The molecule has 1 aliphatic heterocycles. The molecule has 4 nitrogen and oxygen atoms in total. The number of piperidine rings is 1. The maximum atomic E-state index is 13.4. The Morgan fingerprint density at radius 3 is 2.80 bits per heavy atom. The molecule has 2 rings (SSSR count). The van der Waals surface area contributed by atoms with Crippen molar-refractivity contribution in [1.82, 2.24) is 4.90 Å². The summed E-state index contributed by atoms with van der Waals surface area (Å²) in [4.78, 5) is 1.97. The van der Waals surface area contributed by atoms with Crippen LogP contribution in [0.4, 0.5) is 4.39 Å². The summed E-state index contributed by atoms with van der Waals surface area (Å²) < 4.78 is 36.7. The van der Waals surface area contributed by atoms with Crippen LogP contribution in [0.15, 0.2) is 12.1 Å². The Morgan fingerprint density at radius 1 is 1.45 bits per heavy atom. The Bertz CT molecular complexity index is 601. The van der Waals surface area contributed by atoms with Crippen molar-refractivity contribution in [1.29, 1.82) is 0 Å². The highest BCUT2D eigenvalue weighted by Crippen LogP contribution is 2.27. The van der Waals surface area contributed by atoms with Crippen LogP contribution in [0, 0.1) is 12.7 Å². The zero-order chi connectivity index (χ0) is 14.9. The van der Waals surface area contributed by atoms with E-state index in [1.807, 2.05) is 11.8 Å². The molecule has 6 heteroatoms. The van der Waals surface area contributed by atoms with E-state index in [0.29, 0.717) is 25.1 Å². The second kappa shape index (κ2) is 5.69. The van der Waals surface area contributed by atoms with Gasteiger partial charge in [0.1, 0.15) is 0 Å². The van der Waals surface area contributed by atoms with Crippen LogP contribution in [0.25, 0.3) is 0 Å². The number of aromatic hydroxyl groups is 1. The maximum Gasteiger partial charge on any atom is 0.165 e. The molecule has 1 saturated heterocycles. The second-order valence-electron chi connectivity index (χ2n) is 5.52. The monoisotopic (exact) mass is 301 g/mol. The Balaban J connectivity index is 2.17. The highest BCUT2D eigenvalue weighted by molar-refractivity contribution is 7.91. The largest absolute Gasteiger partial charge is 0.505 e. The van der Waals surface area contributed by atoms with E-state index in [2.05, 4.69) is 0 Å². The van der Waals surface area contributed by atoms with E-state index in [-0.39, 0.29) is 11.0 Å². The average molecular weight is 301 g/mol. The summed E-state index contributed by atoms with van der Waals surface area (Å²) in [6.45, 7) is 3.39. The first-order valence-electron chi connectivity index (χ1n) is 6.67. The minimum atomic E-state index is -3.06. The summed E-state index contributed by atoms with van der Waals surface area (Å²) in [7, 11) is -3.06. The highest BCUT2D eigenvalue weighted by atomic mass is 32.2. The molecule has 0 amide bonds. The van der Waals surface area contributed by atoms with Crippen LogP contribution in [-0.2, 0) is 16.4 Å². The van der Waals surface area contributed by atoms with Crippen LogP contribution in [0.2, 0.25) is 0 Å². The van der Waals surface area contributed by atoms with Gasteiger partial charge >= 0.3 is 0 Å². The predicted octanol–water partition coefficient (Wildman–Crippen LogP) is 1.85.